The number of hydrogen-bond acceptors (Lipinski definition) is 5. The number of hydrogen-bond donors (Lipinski definition) is 2. The van der Waals surface area contributed by atoms with Crippen LogP contribution in [0.2, 0.25) is 0 Å². The number of aromatic amines is 1. The van der Waals surface area contributed by atoms with E-state index < -0.39 is 5.76 Å². The van der Waals surface area contributed by atoms with Crippen LogP contribution >= 0.6 is 0 Å². The van der Waals surface area contributed by atoms with Crippen molar-refractivity contribution in [2.45, 2.75) is 18.9 Å². The first kappa shape index (κ1) is 14.2. The first-order valence-electron chi connectivity index (χ1n) is 6.89. The van der Waals surface area contributed by atoms with Crippen molar-refractivity contribution in [2.75, 3.05) is 13.1 Å². The van der Waals surface area contributed by atoms with Crippen LogP contribution in [0.3, 0.4) is 0 Å². The summed E-state index contributed by atoms with van der Waals surface area (Å²) in [7, 11) is 0. The maximum absolute atomic E-state index is 12.1. The van der Waals surface area contributed by atoms with E-state index in [4.69, 9.17) is 4.42 Å². The lowest BCUT2D eigenvalue weighted by Crippen LogP contribution is -2.39. The van der Waals surface area contributed by atoms with Crippen molar-refractivity contribution in [1.29, 1.82) is 0 Å². The molecule has 1 aliphatic heterocycles. The molecule has 0 spiro atoms. The van der Waals surface area contributed by atoms with E-state index in [0.29, 0.717) is 19.5 Å². The van der Waals surface area contributed by atoms with E-state index in [-0.39, 0.29) is 30.0 Å². The number of amides is 2. The van der Waals surface area contributed by atoms with Crippen molar-refractivity contribution in [3.05, 3.63) is 46.7 Å². The molecule has 0 aliphatic carbocycles. The van der Waals surface area contributed by atoms with Crippen LogP contribution in [0.25, 0.3) is 0 Å². The smallest absolute Gasteiger partial charge is 0.416 e. The number of nitrogens with one attached hydrogen (secondary N) is 2. The fourth-order valence-electron chi connectivity index (χ4n) is 2.48. The summed E-state index contributed by atoms with van der Waals surface area (Å²) < 4.78 is 9.47. The third kappa shape index (κ3) is 3.11. The average Bonchev–Trinajstić information content (AvgIpc) is 3.20. The van der Waals surface area contributed by atoms with Crippen LogP contribution in [-0.4, -0.2) is 40.8 Å². The van der Waals surface area contributed by atoms with Crippen molar-refractivity contribution >= 4 is 11.8 Å². The fourth-order valence-corrected chi connectivity index (χ4v) is 2.48. The zero-order valence-corrected chi connectivity index (χ0v) is 11.7. The Balaban J connectivity index is 1.52. The first-order valence-corrected chi connectivity index (χ1v) is 6.89. The minimum atomic E-state index is -0.660. The van der Waals surface area contributed by atoms with Gasteiger partial charge in [0.2, 0.25) is 5.91 Å². The molecule has 1 aliphatic rings. The monoisotopic (exact) mass is 305 g/mol. The molecule has 2 aromatic rings. The molecular formula is C14H15N3O5. The highest BCUT2D eigenvalue weighted by molar-refractivity contribution is 5.92. The first-order chi connectivity index (χ1) is 10.6. The highest BCUT2D eigenvalue weighted by Crippen LogP contribution is 2.12. The maximum atomic E-state index is 12.1. The second-order valence-electron chi connectivity index (χ2n) is 5.17. The molecule has 2 amide bonds. The zero-order chi connectivity index (χ0) is 15.5. The molecule has 8 heteroatoms. The number of furan rings is 1. The number of aromatic nitrogens is 1. The summed E-state index contributed by atoms with van der Waals surface area (Å²) >= 11 is 0. The van der Waals surface area contributed by atoms with Gasteiger partial charge in [-0.15, -0.1) is 0 Å². The molecule has 0 radical (unpaired) electrons. The number of likely N-dealkylation sites (tertiary alicyclic amines) is 1. The Kier molecular flexibility index (Phi) is 3.82. The average molecular weight is 305 g/mol. The van der Waals surface area contributed by atoms with Crippen LogP contribution in [0.5, 0.6) is 0 Å². The molecule has 2 aromatic heterocycles. The molecule has 3 rings (SSSR count). The number of H-pyrrole nitrogens is 1. The molecule has 0 aromatic carbocycles. The number of oxazole rings is 1. The molecule has 1 saturated heterocycles. The van der Waals surface area contributed by atoms with Crippen molar-refractivity contribution < 1.29 is 18.4 Å². The van der Waals surface area contributed by atoms with Gasteiger partial charge in [-0.05, 0) is 18.1 Å². The summed E-state index contributed by atoms with van der Waals surface area (Å²) in [6, 6.07) is 1.64. The van der Waals surface area contributed by atoms with Crippen molar-refractivity contribution in [3.8, 4) is 0 Å². The predicted molar refractivity (Wildman–Crippen MR) is 74.2 cm³/mol. The Labute approximate surface area is 125 Å². The maximum Gasteiger partial charge on any atom is 0.416 e. The number of nitrogens with zero attached hydrogens (tertiary/aromatic N) is 1. The Hall–Kier alpha value is -2.77. The summed E-state index contributed by atoms with van der Waals surface area (Å²) in [5.41, 5.74) is 0.926. The highest BCUT2D eigenvalue weighted by atomic mass is 16.4. The van der Waals surface area contributed by atoms with Crippen LogP contribution in [0, 0.1) is 0 Å². The van der Waals surface area contributed by atoms with Crippen LogP contribution in [0.4, 0.5) is 0 Å². The number of carbonyl (C=O) groups excluding carboxylic acids is 2. The number of rotatable bonds is 4. The summed E-state index contributed by atoms with van der Waals surface area (Å²) in [4.78, 5) is 38.8. The van der Waals surface area contributed by atoms with Crippen LogP contribution in [-0.2, 0) is 11.2 Å². The van der Waals surface area contributed by atoms with E-state index in [1.807, 2.05) is 0 Å². The Morgan fingerprint density at radius 3 is 2.95 bits per heavy atom. The normalized spacial score (nSPS) is 17.6. The lowest BCUT2D eigenvalue weighted by Gasteiger charge is -2.15. The Bertz CT molecular complexity index is 715. The van der Waals surface area contributed by atoms with Crippen molar-refractivity contribution in [3.63, 3.8) is 0 Å². The molecular weight excluding hydrogens is 290 g/mol. The number of carbonyl (C=O) groups is 2. The SMILES string of the molecule is O=C(Cc1ccoc1)N[C@H]1CCN(C(=O)c2coc(=O)[nH]2)C1. The van der Waals surface area contributed by atoms with Crippen molar-refractivity contribution in [2.24, 2.45) is 0 Å². The topological polar surface area (TPSA) is 109 Å². The summed E-state index contributed by atoms with van der Waals surface area (Å²) in [5.74, 6) is -1.08. The van der Waals surface area contributed by atoms with Crippen molar-refractivity contribution in [1.82, 2.24) is 15.2 Å². The molecule has 3 heterocycles. The lowest BCUT2D eigenvalue weighted by molar-refractivity contribution is -0.121. The van der Waals surface area contributed by atoms with E-state index in [1.54, 1.807) is 11.0 Å². The minimum Gasteiger partial charge on any atom is -0.472 e. The van der Waals surface area contributed by atoms with Gasteiger partial charge in [-0.3, -0.25) is 14.6 Å². The lowest BCUT2D eigenvalue weighted by atomic mass is 10.2. The van der Waals surface area contributed by atoms with Gasteiger partial charge in [0, 0.05) is 19.1 Å². The zero-order valence-electron chi connectivity index (χ0n) is 11.7. The molecule has 0 bridgehead atoms. The molecule has 0 saturated carbocycles. The minimum absolute atomic E-state index is 0.0954. The molecule has 0 unspecified atom stereocenters. The van der Waals surface area contributed by atoms with Gasteiger partial charge in [-0.25, -0.2) is 4.79 Å². The van der Waals surface area contributed by atoms with Gasteiger partial charge in [-0.1, -0.05) is 0 Å². The third-order valence-corrected chi connectivity index (χ3v) is 3.54. The van der Waals surface area contributed by atoms with Crippen LogP contribution < -0.4 is 11.1 Å². The van der Waals surface area contributed by atoms with Crippen LogP contribution in [0.1, 0.15) is 22.5 Å². The summed E-state index contributed by atoms with van der Waals surface area (Å²) in [5, 5.41) is 2.89. The predicted octanol–water partition coefficient (Wildman–Crippen LogP) is 0.134. The van der Waals surface area contributed by atoms with Gasteiger partial charge in [0.25, 0.3) is 5.91 Å². The molecule has 2 N–H and O–H groups in total. The van der Waals surface area contributed by atoms with Gasteiger partial charge < -0.3 is 19.1 Å². The van der Waals surface area contributed by atoms with E-state index in [9.17, 15) is 14.4 Å². The van der Waals surface area contributed by atoms with Gasteiger partial charge in [0.15, 0.2) is 0 Å². The molecule has 1 fully saturated rings. The van der Waals surface area contributed by atoms with E-state index in [1.165, 1.54) is 12.5 Å². The van der Waals surface area contributed by atoms with Crippen LogP contribution in [0.15, 0.2) is 38.5 Å². The molecule has 8 nitrogen and oxygen atoms in total. The molecule has 22 heavy (non-hydrogen) atoms. The van der Waals surface area contributed by atoms with Gasteiger partial charge in [0.05, 0.1) is 18.9 Å². The van der Waals surface area contributed by atoms with E-state index in [0.717, 1.165) is 11.8 Å². The second-order valence-corrected chi connectivity index (χ2v) is 5.17. The fraction of sp³-hybridized carbons (Fsp3) is 0.357. The summed E-state index contributed by atoms with van der Waals surface area (Å²) in [6.07, 6.45) is 5.07. The largest absolute Gasteiger partial charge is 0.472 e. The highest BCUT2D eigenvalue weighted by Gasteiger charge is 2.29. The Morgan fingerprint density at radius 1 is 1.41 bits per heavy atom. The van der Waals surface area contributed by atoms with E-state index >= 15 is 0 Å². The van der Waals surface area contributed by atoms with Gasteiger partial charge >= 0.3 is 5.76 Å². The Morgan fingerprint density at radius 2 is 2.27 bits per heavy atom. The van der Waals surface area contributed by atoms with Gasteiger partial charge in [-0.2, -0.15) is 0 Å². The molecule has 1 atom stereocenters. The summed E-state index contributed by atoms with van der Waals surface area (Å²) in [6.45, 7) is 0.922. The third-order valence-electron chi connectivity index (χ3n) is 3.54. The van der Waals surface area contributed by atoms with Gasteiger partial charge in [0.1, 0.15) is 12.0 Å². The second kappa shape index (κ2) is 5.92. The quantitative estimate of drug-likeness (QED) is 0.835. The molecule has 116 valence electrons. The van der Waals surface area contributed by atoms with E-state index in [2.05, 4.69) is 14.7 Å². The standard InChI is InChI=1S/C14H15N3O5/c18-12(5-9-2-4-21-7-9)15-10-1-3-17(6-10)13(19)11-8-22-14(20)16-11/h2,4,7-8,10H,1,3,5-6H2,(H,15,18)(H,16,20)/t10-/m0/s1.